The molecule has 0 aliphatic rings. The Morgan fingerprint density at radius 2 is 1.80 bits per heavy atom. The predicted molar refractivity (Wildman–Crippen MR) is 60.3 cm³/mol. The lowest BCUT2D eigenvalue weighted by Crippen LogP contribution is -1.99. The molecule has 1 aromatic carbocycles. The van der Waals surface area contributed by atoms with E-state index in [1.165, 1.54) is 0 Å². The van der Waals surface area contributed by atoms with Gasteiger partial charge in [-0.15, -0.1) is 0 Å². The van der Waals surface area contributed by atoms with Crippen molar-refractivity contribution in [3.8, 4) is 0 Å². The Kier molecular flexibility index (Phi) is 2.60. The number of benzene rings is 1. The molecule has 0 N–H and O–H groups in total. The van der Waals surface area contributed by atoms with E-state index in [0.29, 0.717) is 16.1 Å². The van der Waals surface area contributed by atoms with E-state index in [9.17, 15) is 4.79 Å². The third-order valence-corrected chi connectivity index (χ3v) is 2.45. The van der Waals surface area contributed by atoms with E-state index in [2.05, 4.69) is 0 Å². The fraction of sp³-hybridized carbons (Fsp3) is 0.0833. The molecule has 1 aromatic heterocycles. The van der Waals surface area contributed by atoms with Crippen LogP contribution in [-0.2, 0) is 7.05 Å². The Balaban J connectivity index is 2.32. The van der Waals surface area contributed by atoms with Crippen molar-refractivity contribution >= 4 is 17.4 Å². The van der Waals surface area contributed by atoms with Crippen LogP contribution in [0.2, 0.25) is 5.02 Å². The number of hydrogen-bond donors (Lipinski definition) is 0. The summed E-state index contributed by atoms with van der Waals surface area (Å²) in [4.78, 5) is 11.9. The molecule has 0 bridgehead atoms. The minimum Gasteiger partial charge on any atom is -0.357 e. The SMILES string of the molecule is Cn1ccc(C(=O)c2ccc(Cl)cc2)c1. The monoisotopic (exact) mass is 219 g/mol. The first-order valence-corrected chi connectivity index (χ1v) is 4.97. The zero-order valence-electron chi connectivity index (χ0n) is 8.27. The second-order valence-electron chi connectivity index (χ2n) is 3.40. The summed E-state index contributed by atoms with van der Waals surface area (Å²) in [6.07, 6.45) is 3.65. The van der Waals surface area contributed by atoms with E-state index < -0.39 is 0 Å². The second kappa shape index (κ2) is 3.91. The summed E-state index contributed by atoms with van der Waals surface area (Å²) in [7, 11) is 1.89. The average Bonchev–Trinajstić information content (AvgIpc) is 2.65. The van der Waals surface area contributed by atoms with Gasteiger partial charge in [0.1, 0.15) is 0 Å². The summed E-state index contributed by atoms with van der Waals surface area (Å²) in [6, 6.07) is 8.71. The standard InChI is InChI=1S/C12H10ClNO/c1-14-7-6-10(8-14)12(15)9-2-4-11(13)5-3-9/h2-8H,1H3. The van der Waals surface area contributed by atoms with Crippen molar-refractivity contribution in [1.29, 1.82) is 0 Å². The number of ketones is 1. The molecule has 0 aliphatic heterocycles. The molecule has 3 heteroatoms. The van der Waals surface area contributed by atoms with Crippen LogP contribution in [0.4, 0.5) is 0 Å². The first-order valence-electron chi connectivity index (χ1n) is 4.59. The maximum absolute atomic E-state index is 11.9. The highest BCUT2D eigenvalue weighted by atomic mass is 35.5. The molecule has 0 amide bonds. The number of aromatic nitrogens is 1. The van der Waals surface area contributed by atoms with E-state index in [4.69, 9.17) is 11.6 Å². The zero-order valence-corrected chi connectivity index (χ0v) is 9.03. The number of nitrogens with zero attached hydrogens (tertiary/aromatic N) is 1. The molecule has 0 saturated carbocycles. The average molecular weight is 220 g/mol. The summed E-state index contributed by atoms with van der Waals surface area (Å²) in [5, 5.41) is 0.639. The normalized spacial score (nSPS) is 10.3. The quantitative estimate of drug-likeness (QED) is 0.712. The van der Waals surface area contributed by atoms with Crippen molar-refractivity contribution in [2.45, 2.75) is 0 Å². The molecule has 0 unspecified atom stereocenters. The van der Waals surface area contributed by atoms with Gasteiger partial charge in [-0.2, -0.15) is 0 Å². The third-order valence-electron chi connectivity index (χ3n) is 2.20. The van der Waals surface area contributed by atoms with E-state index in [1.54, 1.807) is 36.5 Å². The number of carbonyl (C=O) groups is 1. The molecule has 0 spiro atoms. The number of hydrogen-bond acceptors (Lipinski definition) is 1. The number of carbonyl (C=O) groups excluding carboxylic acids is 1. The lowest BCUT2D eigenvalue weighted by atomic mass is 10.1. The summed E-state index contributed by atoms with van der Waals surface area (Å²) in [5.74, 6) is 0.0206. The molecule has 0 saturated heterocycles. The van der Waals surface area contributed by atoms with Crippen molar-refractivity contribution in [2.24, 2.45) is 7.05 Å². The van der Waals surface area contributed by atoms with Crippen LogP contribution in [0.15, 0.2) is 42.7 Å². The summed E-state index contributed by atoms with van der Waals surface area (Å²) in [6.45, 7) is 0. The number of rotatable bonds is 2. The number of halogens is 1. The molecule has 0 atom stereocenters. The lowest BCUT2D eigenvalue weighted by Gasteiger charge is -1.98. The summed E-state index contributed by atoms with van der Waals surface area (Å²) < 4.78 is 1.85. The molecule has 15 heavy (non-hydrogen) atoms. The fourth-order valence-electron chi connectivity index (χ4n) is 1.41. The lowest BCUT2D eigenvalue weighted by molar-refractivity contribution is 0.103. The second-order valence-corrected chi connectivity index (χ2v) is 3.84. The van der Waals surface area contributed by atoms with E-state index in [1.807, 2.05) is 17.8 Å². The van der Waals surface area contributed by atoms with Gasteiger partial charge in [0, 0.05) is 35.6 Å². The maximum Gasteiger partial charge on any atom is 0.194 e. The van der Waals surface area contributed by atoms with Gasteiger partial charge in [0.15, 0.2) is 5.78 Å². The van der Waals surface area contributed by atoms with Gasteiger partial charge >= 0.3 is 0 Å². The largest absolute Gasteiger partial charge is 0.357 e. The van der Waals surface area contributed by atoms with Crippen molar-refractivity contribution in [2.75, 3.05) is 0 Å². The Bertz CT molecular complexity index is 485. The van der Waals surface area contributed by atoms with Crippen molar-refractivity contribution < 1.29 is 4.79 Å². The van der Waals surface area contributed by atoms with Crippen LogP contribution in [0.25, 0.3) is 0 Å². The highest BCUT2D eigenvalue weighted by molar-refractivity contribution is 6.30. The van der Waals surface area contributed by atoms with Crippen LogP contribution >= 0.6 is 11.6 Å². The van der Waals surface area contributed by atoms with Gasteiger partial charge in [0.25, 0.3) is 0 Å². The maximum atomic E-state index is 11.9. The molecular formula is C12H10ClNO. The minimum atomic E-state index is 0.0206. The van der Waals surface area contributed by atoms with Gasteiger partial charge in [-0.1, -0.05) is 11.6 Å². The first-order chi connectivity index (χ1) is 7.16. The molecule has 2 rings (SSSR count). The van der Waals surface area contributed by atoms with Crippen LogP contribution in [0.3, 0.4) is 0 Å². The Labute approximate surface area is 93.1 Å². The van der Waals surface area contributed by atoms with Gasteiger partial charge in [-0.05, 0) is 30.3 Å². The van der Waals surface area contributed by atoms with Crippen LogP contribution < -0.4 is 0 Å². The smallest absolute Gasteiger partial charge is 0.194 e. The molecule has 0 fully saturated rings. The van der Waals surface area contributed by atoms with Crippen molar-refractivity contribution in [1.82, 2.24) is 4.57 Å². The van der Waals surface area contributed by atoms with Gasteiger partial charge in [-0.25, -0.2) is 0 Å². The van der Waals surface area contributed by atoms with Crippen LogP contribution in [0, 0.1) is 0 Å². The van der Waals surface area contributed by atoms with Gasteiger partial charge < -0.3 is 4.57 Å². The first kappa shape index (κ1) is 9.99. The molecule has 0 radical (unpaired) electrons. The minimum absolute atomic E-state index is 0.0206. The highest BCUT2D eigenvalue weighted by Gasteiger charge is 2.09. The van der Waals surface area contributed by atoms with Crippen LogP contribution in [-0.4, -0.2) is 10.4 Å². The number of aryl methyl sites for hydroxylation is 1. The Morgan fingerprint density at radius 3 is 2.33 bits per heavy atom. The van der Waals surface area contributed by atoms with E-state index in [0.717, 1.165) is 0 Å². The van der Waals surface area contributed by atoms with E-state index in [-0.39, 0.29) is 5.78 Å². The molecular weight excluding hydrogens is 210 g/mol. The van der Waals surface area contributed by atoms with Crippen LogP contribution in [0.5, 0.6) is 0 Å². The van der Waals surface area contributed by atoms with Crippen molar-refractivity contribution in [3.05, 3.63) is 58.9 Å². The topological polar surface area (TPSA) is 22.0 Å². The van der Waals surface area contributed by atoms with Gasteiger partial charge in [0.2, 0.25) is 0 Å². The Morgan fingerprint density at radius 1 is 1.13 bits per heavy atom. The molecule has 76 valence electrons. The summed E-state index contributed by atoms with van der Waals surface area (Å²) in [5.41, 5.74) is 1.35. The third kappa shape index (κ3) is 2.10. The Hall–Kier alpha value is -1.54. The van der Waals surface area contributed by atoms with Crippen LogP contribution in [0.1, 0.15) is 15.9 Å². The molecule has 0 aliphatic carbocycles. The van der Waals surface area contributed by atoms with E-state index >= 15 is 0 Å². The predicted octanol–water partition coefficient (Wildman–Crippen LogP) is 2.91. The molecule has 2 nitrogen and oxygen atoms in total. The molecule has 2 aromatic rings. The van der Waals surface area contributed by atoms with Gasteiger partial charge in [-0.3, -0.25) is 4.79 Å². The fourth-order valence-corrected chi connectivity index (χ4v) is 1.53. The molecule has 1 heterocycles. The highest BCUT2D eigenvalue weighted by Crippen LogP contribution is 2.13. The zero-order chi connectivity index (χ0) is 10.8. The van der Waals surface area contributed by atoms with Gasteiger partial charge in [0.05, 0.1) is 0 Å². The van der Waals surface area contributed by atoms with Crippen molar-refractivity contribution in [3.63, 3.8) is 0 Å². The summed E-state index contributed by atoms with van der Waals surface area (Å²) >= 11 is 5.75.